The lowest BCUT2D eigenvalue weighted by Gasteiger charge is -2.42. The van der Waals surface area contributed by atoms with Gasteiger partial charge in [0.05, 0.1) is 6.10 Å². The van der Waals surface area contributed by atoms with Gasteiger partial charge >= 0.3 is 0 Å². The molecule has 23 heavy (non-hydrogen) atoms. The van der Waals surface area contributed by atoms with Gasteiger partial charge in [-0.3, -0.25) is 0 Å². The van der Waals surface area contributed by atoms with Crippen LogP contribution in [0.5, 0.6) is 0 Å². The van der Waals surface area contributed by atoms with Gasteiger partial charge in [-0.2, -0.15) is 0 Å². The SMILES string of the molecule is COC(C)c1ccc(C(C)(C)CCC(C)(C)C(C)(C)CBr)cc1. The number of ether oxygens (including phenoxy) is 1. The van der Waals surface area contributed by atoms with E-state index in [1.807, 2.05) is 0 Å². The minimum Gasteiger partial charge on any atom is -0.377 e. The zero-order valence-corrected chi connectivity index (χ0v) is 17.9. The van der Waals surface area contributed by atoms with Crippen molar-refractivity contribution in [2.75, 3.05) is 12.4 Å². The van der Waals surface area contributed by atoms with Crippen LogP contribution in [-0.4, -0.2) is 12.4 Å². The first kappa shape index (κ1) is 20.7. The third-order valence-electron chi connectivity index (χ3n) is 6.06. The monoisotopic (exact) mass is 382 g/mol. The van der Waals surface area contributed by atoms with E-state index in [4.69, 9.17) is 4.74 Å². The highest BCUT2D eigenvalue weighted by Crippen LogP contribution is 2.45. The minimum atomic E-state index is 0.158. The highest BCUT2D eigenvalue weighted by atomic mass is 79.9. The lowest BCUT2D eigenvalue weighted by molar-refractivity contribution is 0.114. The van der Waals surface area contributed by atoms with Gasteiger partial charge < -0.3 is 4.74 Å². The molecule has 1 atom stereocenters. The number of methoxy groups -OCH3 is 1. The summed E-state index contributed by atoms with van der Waals surface area (Å²) < 4.78 is 5.40. The van der Waals surface area contributed by atoms with Crippen LogP contribution < -0.4 is 0 Å². The summed E-state index contributed by atoms with van der Waals surface area (Å²) in [6, 6.07) is 8.96. The van der Waals surface area contributed by atoms with Crippen molar-refractivity contribution in [3.63, 3.8) is 0 Å². The Balaban J connectivity index is 2.83. The Hall–Kier alpha value is -0.340. The van der Waals surface area contributed by atoms with Crippen LogP contribution in [0.15, 0.2) is 24.3 Å². The van der Waals surface area contributed by atoms with Gasteiger partial charge in [0.15, 0.2) is 0 Å². The Morgan fingerprint density at radius 2 is 1.43 bits per heavy atom. The van der Waals surface area contributed by atoms with E-state index in [-0.39, 0.29) is 11.5 Å². The summed E-state index contributed by atoms with van der Waals surface area (Å²) in [5, 5.41) is 1.04. The number of alkyl halides is 1. The zero-order chi connectivity index (χ0) is 17.9. The molecule has 0 aliphatic rings. The number of hydrogen-bond donors (Lipinski definition) is 0. The average Bonchev–Trinajstić information content (AvgIpc) is 2.52. The second-order valence-corrected chi connectivity index (χ2v) is 9.35. The Morgan fingerprint density at radius 3 is 1.87 bits per heavy atom. The maximum atomic E-state index is 5.40. The first-order valence-electron chi connectivity index (χ1n) is 8.66. The summed E-state index contributed by atoms with van der Waals surface area (Å²) in [4.78, 5) is 0. The van der Waals surface area contributed by atoms with E-state index in [1.165, 1.54) is 24.0 Å². The van der Waals surface area contributed by atoms with E-state index in [1.54, 1.807) is 7.11 Å². The second kappa shape index (κ2) is 7.70. The fourth-order valence-corrected chi connectivity index (χ4v) is 3.39. The van der Waals surface area contributed by atoms with Gasteiger partial charge in [-0.25, -0.2) is 0 Å². The summed E-state index contributed by atoms with van der Waals surface area (Å²) in [6.45, 7) is 16.3. The van der Waals surface area contributed by atoms with Crippen LogP contribution in [-0.2, 0) is 10.2 Å². The third-order valence-corrected chi connectivity index (χ3v) is 7.46. The third kappa shape index (κ3) is 5.06. The molecule has 0 aliphatic heterocycles. The van der Waals surface area contributed by atoms with Gasteiger partial charge in [-0.05, 0) is 47.1 Å². The van der Waals surface area contributed by atoms with Crippen LogP contribution in [0.4, 0.5) is 0 Å². The van der Waals surface area contributed by atoms with Gasteiger partial charge in [0.2, 0.25) is 0 Å². The summed E-state index contributed by atoms with van der Waals surface area (Å²) in [5.41, 5.74) is 3.44. The lowest BCUT2D eigenvalue weighted by atomic mass is 9.64. The Kier molecular flexibility index (Phi) is 6.93. The van der Waals surface area contributed by atoms with Crippen molar-refractivity contribution in [3.05, 3.63) is 35.4 Å². The number of benzene rings is 1. The molecule has 0 aromatic heterocycles. The maximum absolute atomic E-state index is 5.40. The summed E-state index contributed by atoms with van der Waals surface area (Å²) >= 11 is 3.69. The highest BCUT2D eigenvalue weighted by Gasteiger charge is 2.37. The van der Waals surface area contributed by atoms with Crippen molar-refractivity contribution in [2.24, 2.45) is 10.8 Å². The van der Waals surface area contributed by atoms with Gasteiger partial charge in [0.1, 0.15) is 0 Å². The molecule has 0 saturated heterocycles. The molecule has 1 rings (SSSR count). The molecule has 0 fully saturated rings. The molecule has 1 aromatic carbocycles. The lowest BCUT2D eigenvalue weighted by Crippen LogP contribution is -2.35. The molecule has 0 aliphatic carbocycles. The molecule has 1 aromatic rings. The molecular formula is C21H35BrO. The van der Waals surface area contributed by atoms with E-state index in [2.05, 4.69) is 88.7 Å². The van der Waals surface area contributed by atoms with E-state index in [0.29, 0.717) is 10.8 Å². The summed E-state index contributed by atoms with van der Waals surface area (Å²) in [5.74, 6) is 0. The van der Waals surface area contributed by atoms with Crippen molar-refractivity contribution < 1.29 is 4.74 Å². The van der Waals surface area contributed by atoms with E-state index < -0.39 is 0 Å². The van der Waals surface area contributed by atoms with E-state index in [9.17, 15) is 0 Å². The van der Waals surface area contributed by atoms with Crippen molar-refractivity contribution in [1.82, 2.24) is 0 Å². The van der Waals surface area contributed by atoms with Gasteiger partial charge in [0.25, 0.3) is 0 Å². The topological polar surface area (TPSA) is 9.23 Å². The standard InChI is InChI=1S/C21H35BrO/c1-16(23-8)17-9-11-18(12-10-17)19(2,3)13-14-20(4,5)21(6,7)15-22/h9-12,16H,13-15H2,1-8H3. The van der Waals surface area contributed by atoms with E-state index in [0.717, 1.165) is 5.33 Å². The van der Waals surface area contributed by atoms with Gasteiger partial charge in [0, 0.05) is 12.4 Å². The first-order chi connectivity index (χ1) is 10.5. The molecule has 0 N–H and O–H groups in total. The van der Waals surface area contributed by atoms with Crippen molar-refractivity contribution in [3.8, 4) is 0 Å². The quantitative estimate of drug-likeness (QED) is 0.444. The normalized spacial score (nSPS) is 14.8. The van der Waals surface area contributed by atoms with Crippen LogP contribution in [0.2, 0.25) is 0 Å². The maximum Gasteiger partial charge on any atom is 0.0793 e. The first-order valence-corrected chi connectivity index (χ1v) is 9.78. The predicted molar refractivity (Wildman–Crippen MR) is 105 cm³/mol. The number of hydrogen-bond acceptors (Lipinski definition) is 1. The van der Waals surface area contributed by atoms with Crippen LogP contribution in [0.3, 0.4) is 0 Å². The number of rotatable bonds is 8. The van der Waals surface area contributed by atoms with Crippen LogP contribution in [0, 0.1) is 10.8 Å². The zero-order valence-electron chi connectivity index (χ0n) is 16.3. The molecule has 0 amide bonds. The molecule has 2 heteroatoms. The number of halogens is 1. The average molecular weight is 383 g/mol. The molecule has 0 heterocycles. The Labute approximate surface area is 152 Å². The molecule has 132 valence electrons. The second-order valence-electron chi connectivity index (χ2n) is 8.79. The molecule has 0 saturated carbocycles. The predicted octanol–water partition coefficient (Wildman–Crippen LogP) is 6.90. The molecule has 0 bridgehead atoms. The van der Waals surface area contributed by atoms with Crippen molar-refractivity contribution in [2.45, 2.75) is 72.8 Å². The fourth-order valence-electron chi connectivity index (χ4n) is 2.63. The molecule has 1 nitrogen and oxygen atoms in total. The fraction of sp³-hybridized carbons (Fsp3) is 0.714. The van der Waals surface area contributed by atoms with E-state index >= 15 is 0 Å². The Bertz CT molecular complexity index is 485. The highest BCUT2D eigenvalue weighted by molar-refractivity contribution is 9.09. The smallest absolute Gasteiger partial charge is 0.0793 e. The summed E-state index contributed by atoms with van der Waals surface area (Å²) in [6.07, 6.45) is 2.57. The molecule has 0 radical (unpaired) electrons. The largest absolute Gasteiger partial charge is 0.377 e. The molecular weight excluding hydrogens is 348 g/mol. The van der Waals surface area contributed by atoms with Crippen LogP contribution >= 0.6 is 15.9 Å². The van der Waals surface area contributed by atoms with Gasteiger partial charge in [-0.15, -0.1) is 0 Å². The Morgan fingerprint density at radius 1 is 0.913 bits per heavy atom. The van der Waals surface area contributed by atoms with Crippen LogP contribution in [0.25, 0.3) is 0 Å². The molecule has 0 spiro atoms. The van der Waals surface area contributed by atoms with Crippen LogP contribution in [0.1, 0.15) is 78.5 Å². The minimum absolute atomic E-state index is 0.158. The van der Waals surface area contributed by atoms with Crippen molar-refractivity contribution >= 4 is 15.9 Å². The van der Waals surface area contributed by atoms with Crippen molar-refractivity contribution in [1.29, 1.82) is 0 Å². The summed E-state index contributed by atoms with van der Waals surface area (Å²) in [7, 11) is 1.76. The van der Waals surface area contributed by atoms with Gasteiger partial charge in [-0.1, -0.05) is 81.7 Å². The molecule has 1 unspecified atom stereocenters.